The van der Waals surface area contributed by atoms with Crippen molar-refractivity contribution in [1.29, 1.82) is 0 Å². The van der Waals surface area contributed by atoms with Gasteiger partial charge < -0.3 is 14.8 Å². The number of esters is 1. The van der Waals surface area contributed by atoms with E-state index in [2.05, 4.69) is 5.32 Å². The number of carbonyl (C=O) groups is 2. The number of carbonyl (C=O) groups excluding carboxylic acids is 2. The van der Waals surface area contributed by atoms with Crippen LogP contribution in [0.1, 0.15) is 15.9 Å². The molecule has 1 aliphatic heterocycles. The summed E-state index contributed by atoms with van der Waals surface area (Å²) in [6.45, 7) is 2.11. The second-order valence-electron chi connectivity index (χ2n) is 6.72. The van der Waals surface area contributed by atoms with E-state index < -0.39 is 28.5 Å². The summed E-state index contributed by atoms with van der Waals surface area (Å²) >= 11 is 12.2. The minimum absolute atomic E-state index is 0.0877. The minimum atomic E-state index is -3.97. The van der Waals surface area contributed by atoms with Crippen molar-refractivity contribution in [2.24, 2.45) is 0 Å². The third-order valence-electron chi connectivity index (χ3n) is 4.58. The van der Waals surface area contributed by atoms with E-state index in [1.165, 1.54) is 10.4 Å². The van der Waals surface area contributed by atoms with Crippen molar-refractivity contribution < 1.29 is 27.5 Å². The number of morpholine rings is 1. The molecule has 2 aromatic carbocycles. The van der Waals surface area contributed by atoms with E-state index in [1.807, 2.05) is 19.1 Å². The molecule has 1 amide bonds. The van der Waals surface area contributed by atoms with Crippen LogP contribution in [0.5, 0.6) is 0 Å². The van der Waals surface area contributed by atoms with Crippen molar-refractivity contribution in [3.05, 3.63) is 57.6 Å². The maximum absolute atomic E-state index is 12.9. The monoisotopic (exact) mass is 486 g/mol. The molecule has 8 nitrogen and oxygen atoms in total. The van der Waals surface area contributed by atoms with Gasteiger partial charge in [0.15, 0.2) is 6.61 Å². The minimum Gasteiger partial charge on any atom is -0.452 e. The van der Waals surface area contributed by atoms with Crippen LogP contribution in [0.15, 0.2) is 41.3 Å². The SMILES string of the molecule is Cc1ccccc1NC(=O)COC(=O)c1cc(S(=O)(=O)N2CCOCC2)c(Cl)cc1Cl. The molecule has 3 rings (SSSR count). The summed E-state index contributed by atoms with van der Waals surface area (Å²) in [5.41, 5.74) is 1.23. The van der Waals surface area contributed by atoms with Gasteiger partial charge in [-0.05, 0) is 30.7 Å². The molecule has 1 N–H and O–H groups in total. The maximum Gasteiger partial charge on any atom is 0.340 e. The van der Waals surface area contributed by atoms with Gasteiger partial charge in [-0.2, -0.15) is 4.31 Å². The highest BCUT2D eigenvalue weighted by molar-refractivity contribution is 7.89. The summed E-state index contributed by atoms with van der Waals surface area (Å²) in [6.07, 6.45) is 0. The normalized spacial score (nSPS) is 14.8. The topological polar surface area (TPSA) is 102 Å². The van der Waals surface area contributed by atoms with Crippen molar-refractivity contribution in [3.63, 3.8) is 0 Å². The molecule has 0 saturated carbocycles. The average molecular weight is 487 g/mol. The molecule has 0 radical (unpaired) electrons. The fourth-order valence-corrected chi connectivity index (χ4v) is 5.15. The molecule has 0 aromatic heterocycles. The number of hydrogen-bond acceptors (Lipinski definition) is 6. The van der Waals surface area contributed by atoms with Crippen LogP contribution in [0.2, 0.25) is 10.0 Å². The molecule has 0 bridgehead atoms. The Bertz CT molecular complexity index is 1100. The number of hydrogen-bond donors (Lipinski definition) is 1. The number of rotatable bonds is 6. The number of sulfonamides is 1. The van der Waals surface area contributed by atoms with Gasteiger partial charge in [0.2, 0.25) is 10.0 Å². The van der Waals surface area contributed by atoms with Crippen molar-refractivity contribution in [3.8, 4) is 0 Å². The Morgan fingerprint density at radius 2 is 1.81 bits per heavy atom. The zero-order valence-corrected chi connectivity index (χ0v) is 18.9. The second-order valence-corrected chi connectivity index (χ2v) is 9.44. The number of aryl methyl sites for hydroxylation is 1. The van der Waals surface area contributed by atoms with Crippen molar-refractivity contribution >= 4 is 50.8 Å². The number of para-hydroxylation sites is 1. The van der Waals surface area contributed by atoms with E-state index >= 15 is 0 Å². The largest absolute Gasteiger partial charge is 0.452 e. The number of ether oxygens (including phenoxy) is 2. The molecule has 1 heterocycles. The first-order valence-corrected chi connectivity index (χ1v) is 11.5. The first-order chi connectivity index (χ1) is 14.7. The molecular formula is C20H20Cl2N2O6S. The quantitative estimate of drug-likeness (QED) is 0.629. The zero-order chi connectivity index (χ0) is 22.6. The van der Waals surface area contributed by atoms with Crippen molar-refractivity contribution in [2.45, 2.75) is 11.8 Å². The summed E-state index contributed by atoms with van der Waals surface area (Å²) < 4.78 is 37.3. The third kappa shape index (κ3) is 5.55. The Balaban J connectivity index is 1.74. The summed E-state index contributed by atoms with van der Waals surface area (Å²) in [7, 11) is -3.97. The Labute approximate surface area is 190 Å². The van der Waals surface area contributed by atoms with Gasteiger partial charge in [0.1, 0.15) is 4.90 Å². The lowest BCUT2D eigenvalue weighted by atomic mass is 10.2. The van der Waals surface area contributed by atoms with E-state index in [1.54, 1.807) is 12.1 Å². The van der Waals surface area contributed by atoms with Crippen LogP contribution < -0.4 is 5.32 Å². The van der Waals surface area contributed by atoms with Gasteiger partial charge in [-0.1, -0.05) is 41.4 Å². The van der Waals surface area contributed by atoms with Crippen LogP contribution in [0.25, 0.3) is 0 Å². The Kier molecular flexibility index (Phi) is 7.55. The lowest BCUT2D eigenvalue weighted by Crippen LogP contribution is -2.40. The number of nitrogens with one attached hydrogen (secondary N) is 1. The number of halogens is 2. The van der Waals surface area contributed by atoms with E-state index in [9.17, 15) is 18.0 Å². The molecular weight excluding hydrogens is 467 g/mol. The lowest BCUT2D eigenvalue weighted by molar-refractivity contribution is -0.119. The lowest BCUT2D eigenvalue weighted by Gasteiger charge is -2.26. The third-order valence-corrected chi connectivity index (χ3v) is 7.26. The summed E-state index contributed by atoms with van der Waals surface area (Å²) in [5.74, 6) is -1.49. The molecule has 2 aromatic rings. The molecule has 1 fully saturated rings. The maximum atomic E-state index is 12.9. The van der Waals surface area contributed by atoms with E-state index in [0.717, 1.165) is 11.6 Å². The zero-order valence-electron chi connectivity index (χ0n) is 16.6. The van der Waals surface area contributed by atoms with E-state index in [-0.39, 0.29) is 46.8 Å². The first-order valence-electron chi connectivity index (χ1n) is 9.29. The van der Waals surface area contributed by atoms with Crippen LogP contribution in [-0.2, 0) is 24.3 Å². The molecule has 166 valence electrons. The molecule has 0 unspecified atom stereocenters. The van der Waals surface area contributed by atoms with Crippen LogP contribution in [0.4, 0.5) is 5.69 Å². The number of amides is 1. The fraction of sp³-hybridized carbons (Fsp3) is 0.300. The highest BCUT2D eigenvalue weighted by Crippen LogP contribution is 2.31. The molecule has 0 spiro atoms. The smallest absolute Gasteiger partial charge is 0.340 e. The molecule has 1 saturated heterocycles. The van der Waals surface area contributed by atoms with Gasteiger partial charge in [0.05, 0.1) is 28.8 Å². The van der Waals surface area contributed by atoms with Gasteiger partial charge in [-0.15, -0.1) is 0 Å². The van der Waals surface area contributed by atoms with Crippen LogP contribution >= 0.6 is 23.2 Å². The fourth-order valence-electron chi connectivity index (χ4n) is 2.92. The summed E-state index contributed by atoms with van der Waals surface area (Å²) in [5, 5.41) is 2.43. The van der Waals surface area contributed by atoms with Gasteiger partial charge in [0.25, 0.3) is 5.91 Å². The molecule has 0 aliphatic carbocycles. The van der Waals surface area contributed by atoms with Crippen LogP contribution in [0.3, 0.4) is 0 Å². The predicted octanol–water partition coefficient (Wildman–Crippen LogP) is 3.12. The standard InChI is InChI=1S/C20H20Cl2N2O6S/c1-13-4-2-3-5-17(13)23-19(25)12-30-20(26)14-10-18(16(22)11-15(14)21)31(27,28)24-6-8-29-9-7-24/h2-5,10-11H,6-9,12H2,1H3,(H,23,25). The second kappa shape index (κ2) is 9.97. The van der Waals surface area contributed by atoms with Crippen LogP contribution in [0, 0.1) is 6.92 Å². The average Bonchev–Trinajstić information content (AvgIpc) is 2.74. The Morgan fingerprint density at radius 3 is 2.48 bits per heavy atom. The Hall–Kier alpha value is -2.17. The Morgan fingerprint density at radius 1 is 1.13 bits per heavy atom. The first kappa shape index (κ1) is 23.5. The number of anilines is 1. The summed E-state index contributed by atoms with van der Waals surface area (Å²) in [4.78, 5) is 24.3. The van der Waals surface area contributed by atoms with E-state index in [4.69, 9.17) is 32.7 Å². The highest BCUT2D eigenvalue weighted by Gasteiger charge is 2.30. The predicted molar refractivity (Wildman–Crippen MR) is 116 cm³/mol. The number of benzene rings is 2. The van der Waals surface area contributed by atoms with Gasteiger partial charge in [0, 0.05) is 18.8 Å². The number of nitrogens with zero attached hydrogens (tertiary/aromatic N) is 1. The van der Waals surface area contributed by atoms with Gasteiger partial charge in [-0.3, -0.25) is 4.79 Å². The summed E-state index contributed by atoms with van der Waals surface area (Å²) in [6, 6.07) is 9.37. The van der Waals surface area contributed by atoms with E-state index in [0.29, 0.717) is 5.69 Å². The highest BCUT2D eigenvalue weighted by atomic mass is 35.5. The van der Waals surface area contributed by atoms with Gasteiger partial charge >= 0.3 is 5.97 Å². The van der Waals surface area contributed by atoms with Gasteiger partial charge in [-0.25, -0.2) is 13.2 Å². The molecule has 11 heteroatoms. The van der Waals surface area contributed by atoms with Crippen LogP contribution in [-0.4, -0.2) is 57.5 Å². The molecule has 0 atom stereocenters. The molecule has 31 heavy (non-hydrogen) atoms. The molecule has 1 aliphatic rings. The van der Waals surface area contributed by atoms with Crippen molar-refractivity contribution in [1.82, 2.24) is 4.31 Å². The van der Waals surface area contributed by atoms with Crippen molar-refractivity contribution in [2.75, 3.05) is 38.2 Å².